The quantitative estimate of drug-likeness (QED) is 0.803. The molecule has 6 heteroatoms. The summed E-state index contributed by atoms with van der Waals surface area (Å²) >= 11 is 0. The Labute approximate surface area is 106 Å². The van der Waals surface area contributed by atoms with Crippen LogP contribution in [-0.2, 0) is 4.74 Å². The SMILES string of the molecule is CCCC(OCC)c1nc(C)c(C(=O)O)c(N)n1. The van der Waals surface area contributed by atoms with Crippen LogP contribution in [0.1, 0.15) is 54.7 Å². The van der Waals surface area contributed by atoms with Crippen molar-refractivity contribution in [3.8, 4) is 0 Å². The Morgan fingerprint density at radius 2 is 2.11 bits per heavy atom. The van der Waals surface area contributed by atoms with Crippen molar-refractivity contribution < 1.29 is 14.6 Å². The van der Waals surface area contributed by atoms with E-state index in [9.17, 15) is 4.79 Å². The molecule has 0 aliphatic rings. The van der Waals surface area contributed by atoms with Crippen molar-refractivity contribution in [3.05, 3.63) is 17.1 Å². The van der Waals surface area contributed by atoms with Crippen molar-refractivity contribution in [2.45, 2.75) is 39.7 Å². The summed E-state index contributed by atoms with van der Waals surface area (Å²) in [5.74, 6) is -0.662. The van der Waals surface area contributed by atoms with Gasteiger partial charge in [0.1, 0.15) is 17.5 Å². The number of nitrogens with zero attached hydrogens (tertiary/aromatic N) is 2. The summed E-state index contributed by atoms with van der Waals surface area (Å²) in [7, 11) is 0. The van der Waals surface area contributed by atoms with Crippen molar-refractivity contribution in [2.24, 2.45) is 0 Å². The van der Waals surface area contributed by atoms with Gasteiger partial charge in [-0.2, -0.15) is 0 Å². The van der Waals surface area contributed by atoms with Gasteiger partial charge in [-0.05, 0) is 20.3 Å². The van der Waals surface area contributed by atoms with E-state index in [0.717, 1.165) is 12.8 Å². The number of aromatic carboxylic acids is 1. The molecule has 18 heavy (non-hydrogen) atoms. The predicted octanol–water partition coefficient (Wildman–Crippen LogP) is 1.94. The minimum atomic E-state index is -1.11. The molecule has 0 saturated carbocycles. The zero-order valence-electron chi connectivity index (χ0n) is 10.9. The number of anilines is 1. The Morgan fingerprint density at radius 1 is 1.44 bits per heavy atom. The molecule has 0 bridgehead atoms. The van der Waals surface area contributed by atoms with Crippen LogP contribution in [0, 0.1) is 6.92 Å². The Balaban J connectivity index is 3.14. The van der Waals surface area contributed by atoms with Crippen LogP contribution in [0.5, 0.6) is 0 Å². The zero-order valence-corrected chi connectivity index (χ0v) is 10.9. The van der Waals surface area contributed by atoms with E-state index in [1.807, 2.05) is 13.8 Å². The van der Waals surface area contributed by atoms with E-state index in [2.05, 4.69) is 9.97 Å². The zero-order chi connectivity index (χ0) is 13.7. The first kappa shape index (κ1) is 14.4. The number of nitrogens with two attached hydrogens (primary N) is 1. The van der Waals surface area contributed by atoms with Crippen LogP contribution in [0.4, 0.5) is 5.82 Å². The van der Waals surface area contributed by atoms with Gasteiger partial charge in [0.15, 0.2) is 5.82 Å². The summed E-state index contributed by atoms with van der Waals surface area (Å²) in [5, 5.41) is 8.99. The smallest absolute Gasteiger partial charge is 0.341 e. The molecule has 0 saturated heterocycles. The number of carbonyl (C=O) groups is 1. The molecule has 0 spiro atoms. The van der Waals surface area contributed by atoms with Gasteiger partial charge in [0.25, 0.3) is 0 Å². The van der Waals surface area contributed by atoms with Crippen molar-refractivity contribution in [1.82, 2.24) is 9.97 Å². The molecule has 0 aliphatic heterocycles. The lowest BCUT2D eigenvalue weighted by molar-refractivity contribution is 0.0491. The molecule has 0 fully saturated rings. The van der Waals surface area contributed by atoms with E-state index >= 15 is 0 Å². The number of nitrogen functional groups attached to an aromatic ring is 1. The number of carboxylic acids is 1. The Morgan fingerprint density at radius 3 is 2.56 bits per heavy atom. The lowest BCUT2D eigenvalue weighted by atomic mass is 10.1. The normalized spacial score (nSPS) is 12.4. The number of aromatic nitrogens is 2. The van der Waals surface area contributed by atoms with Crippen LogP contribution in [-0.4, -0.2) is 27.7 Å². The van der Waals surface area contributed by atoms with Gasteiger partial charge in [-0.3, -0.25) is 0 Å². The molecular formula is C12H19N3O3. The summed E-state index contributed by atoms with van der Waals surface area (Å²) in [6, 6.07) is 0. The van der Waals surface area contributed by atoms with E-state index in [4.69, 9.17) is 15.6 Å². The number of aryl methyl sites for hydroxylation is 1. The van der Waals surface area contributed by atoms with E-state index in [0.29, 0.717) is 18.1 Å². The van der Waals surface area contributed by atoms with E-state index in [1.165, 1.54) is 0 Å². The third-order valence-corrected chi connectivity index (χ3v) is 2.56. The average molecular weight is 253 g/mol. The molecule has 0 radical (unpaired) electrons. The minimum absolute atomic E-state index is 0.00851. The highest BCUT2D eigenvalue weighted by Gasteiger charge is 2.20. The largest absolute Gasteiger partial charge is 0.477 e. The topological polar surface area (TPSA) is 98.3 Å². The number of rotatable bonds is 6. The molecule has 6 nitrogen and oxygen atoms in total. The number of carboxylic acid groups (broad SMARTS) is 1. The molecule has 1 heterocycles. The lowest BCUT2D eigenvalue weighted by Crippen LogP contribution is -2.15. The second-order valence-electron chi connectivity index (χ2n) is 3.97. The molecule has 0 aliphatic carbocycles. The monoisotopic (exact) mass is 253 g/mol. The third kappa shape index (κ3) is 3.16. The molecule has 1 aromatic heterocycles. The fourth-order valence-corrected chi connectivity index (χ4v) is 1.78. The Kier molecular flexibility index (Phi) is 5.03. The third-order valence-electron chi connectivity index (χ3n) is 2.56. The molecule has 100 valence electrons. The van der Waals surface area contributed by atoms with Gasteiger partial charge in [-0.15, -0.1) is 0 Å². The Bertz CT molecular complexity index is 406. The maximum Gasteiger partial charge on any atom is 0.341 e. The van der Waals surface area contributed by atoms with Gasteiger partial charge in [0.2, 0.25) is 0 Å². The molecule has 0 aromatic carbocycles. The van der Waals surface area contributed by atoms with Crippen LogP contribution < -0.4 is 5.73 Å². The highest BCUT2D eigenvalue weighted by Crippen LogP contribution is 2.22. The van der Waals surface area contributed by atoms with Crippen molar-refractivity contribution in [1.29, 1.82) is 0 Å². The second kappa shape index (κ2) is 6.30. The van der Waals surface area contributed by atoms with Crippen LogP contribution in [0.3, 0.4) is 0 Å². The predicted molar refractivity (Wildman–Crippen MR) is 67.4 cm³/mol. The summed E-state index contributed by atoms with van der Waals surface area (Å²) in [6.45, 7) is 6.09. The first-order valence-corrected chi connectivity index (χ1v) is 6.00. The first-order chi connectivity index (χ1) is 8.51. The maximum absolute atomic E-state index is 11.0. The number of hydrogen-bond acceptors (Lipinski definition) is 5. The first-order valence-electron chi connectivity index (χ1n) is 6.00. The highest BCUT2D eigenvalue weighted by molar-refractivity contribution is 5.93. The standard InChI is InChI=1S/C12H19N3O3/c1-4-6-8(18-5-2)11-14-7(3)9(12(16)17)10(13)15-11/h8H,4-6H2,1-3H3,(H,16,17)(H2,13,14,15). The highest BCUT2D eigenvalue weighted by atomic mass is 16.5. The molecule has 1 rings (SSSR count). The summed E-state index contributed by atoms with van der Waals surface area (Å²) in [4.78, 5) is 19.2. The van der Waals surface area contributed by atoms with Crippen LogP contribution in [0.15, 0.2) is 0 Å². The average Bonchev–Trinajstić information content (AvgIpc) is 2.27. The van der Waals surface area contributed by atoms with Gasteiger partial charge in [0, 0.05) is 6.61 Å². The summed E-state index contributed by atoms with van der Waals surface area (Å²) in [6.07, 6.45) is 1.47. The van der Waals surface area contributed by atoms with Crippen LogP contribution >= 0.6 is 0 Å². The molecule has 3 N–H and O–H groups in total. The number of hydrogen-bond donors (Lipinski definition) is 2. The van der Waals surface area contributed by atoms with E-state index in [1.54, 1.807) is 6.92 Å². The van der Waals surface area contributed by atoms with Gasteiger partial charge in [0.05, 0.1) is 5.69 Å². The van der Waals surface area contributed by atoms with Crippen molar-refractivity contribution >= 4 is 11.8 Å². The van der Waals surface area contributed by atoms with Gasteiger partial charge in [-0.25, -0.2) is 14.8 Å². The molecule has 1 atom stereocenters. The van der Waals surface area contributed by atoms with Gasteiger partial charge < -0.3 is 15.6 Å². The lowest BCUT2D eigenvalue weighted by Gasteiger charge is -2.16. The summed E-state index contributed by atoms with van der Waals surface area (Å²) in [5.41, 5.74) is 6.00. The van der Waals surface area contributed by atoms with Crippen molar-refractivity contribution in [3.63, 3.8) is 0 Å². The van der Waals surface area contributed by atoms with E-state index in [-0.39, 0.29) is 17.5 Å². The van der Waals surface area contributed by atoms with E-state index < -0.39 is 5.97 Å². The fourth-order valence-electron chi connectivity index (χ4n) is 1.78. The maximum atomic E-state index is 11.0. The van der Waals surface area contributed by atoms with Crippen molar-refractivity contribution in [2.75, 3.05) is 12.3 Å². The van der Waals surface area contributed by atoms with Gasteiger partial charge in [-0.1, -0.05) is 13.3 Å². The molecule has 1 aromatic rings. The molecular weight excluding hydrogens is 234 g/mol. The van der Waals surface area contributed by atoms with Crippen LogP contribution in [0.2, 0.25) is 0 Å². The minimum Gasteiger partial charge on any atom is -0.477 e. The second-order valence-corrected chi connectivity index (χ2v) is 3.97. The number of ether oxygens (including phenoxy) is 1. The molecule has 0 amide bonds. The summed E-state index contributed by atoms with van der Waals surface area (Å²) < 4.78 is 5.55. The Hall–Kier alpha value is -1.69. The van der Waals surface area contributed by atoms with Crippen LogP contribution in [0.25, 0.3) is 0 Å². The van der Waals surface area contributed by atoms with Gasteiger partial charge >= 0.3 is 5.97 Å². The molecule has 1 unspecified atom stereocenters. The fraction of sp³-hybridized carbons (Fsp3) is 0.583.